The van der Waals surface area contributed by atoms with Crippen molar-refractivity contribution in [2.75, 3.05) is 19.7 Å². The molecule has 1 amide bonds. The van der Waals surface area contributed by atoms with Gasteiger partial charge in [0, 0.05) is 18.5 Å². The molecule has 2 fully saturated rings. The van der Waals surface area contributed by atoms with Crippen molar-refractivity contribution in [2.24, 2.45) is 11.3 Å². The molecule has 1 aliphatic carbocycles. The Morgan fingerprint density at radius 1 is 1.33 bits per heavy atom. The lowest BCUT2D eigenvalue weighted by molar-refractivity contribution is -0.146. The zero-order chi connectivity index (χ0) is 13.6. The second-order valence-corrected chi connectivity index (χ2v) is 6.21. The van der Waals surface area contributed by atoms with Crippen molar-refractivity contribution in [2.45, 2.75) is 39.7 Å². The minimum absolute atomic E-state index is 0.0108. The number of hydrogen-bond donors (Lipinski definition) is 0. The number of rotatable bonds is 2. The van der Waals surface area contributed by atoms with Gasteiger partial charge in [-0.1, -0.05) is 0 Å². The zero-order valence-electron chi connectivity index (χ0n) is 11.5. The Balaban J connectivity index is 1.78. The van der Waals surface area contributed by atoms with Crippen LogP contribution >= 0.6 is 0 Å². The molecule has 1 aliphatic heterocycles. The molecule has 2 aliphatic rings. The van der Waals surface area contributed by atoms with E-state index < -0.39 is 5.60 Å². The molecule has 1 saturated heterocycles. The molecule has 5 nitrogen and oxygen atoms in total. The predicted molar refractivity (Wildman–Crippen MR) is 65.0 cm³/mol. The fourth-order valence-electron chi connectivity index (χ4n) is 2.44. The number of esters is 1. The summed E-state index contributed by atoms with van der Waals surface area (Å²) in [5, 5.41) is 0. The Morgan fingerprint density at radius 2 is 1.94 bits per heavy atom. The second-order valence-electron chi connectivity index (χ2n) is 6.21. The van der Waals surface area contributed by atoms with Gasteiger partial charge in [-0.3, -0.25) is 4.79 Å². The quantitative estimate of drug-likeness (QED) is 0.706. The summed E-state index contributed by atoms with van der Waals surface area (Å²) in [6, 6.07) is 0. The molecule has 0 N–H and O–H groups in total. The highest BCUT2D eigenvalue weighted by Crippen LogP contribution is 2.59. The van der Waals surface area contributed by atoms with E-state index in [0.717, 1.165) is 6.42 Å². The number of amides is 1. The maximum atomic E-state index is 11.7. The molecule has 0 bridgehead atoms. The molecular weight excluding hydrogens is 234 g/mol. The first kappa shape index (κ1) is 13.2. The summed E-state index contributed by atoms with van der Waals surface area (Å²) < 4.78 is 10.3. The molecule has 1 heterocycles. The predicted octanol–water partition coefficient (Wildman–Crippen LogP) is 1.81. The monoisotopic (exact) mass is 255 g/mol. The first-order valence-corrected chi connectivity index (χ1v) is 6.42. The fraction of sp³-hybridized carbons (Fsp3) is 0.846. The number of ether oxygens (including phenoxy) is 2. The van der Waals surface area contributed by atoms with E-state index in [4.69, 9.17) is 9.47 Å². The maximum absolute atomic E-state index is 11.7. The van der Waals surface area contributed by atoms with Gasteiger partial charge in [0.1, 0.15) is 5.60 Å². The van der Waals surface area contributed by atoms with Crippen LogP contribution in [-0.2, 0) is 14.3 Å². The topological polar surface area (TPSA) is 55.8 Å². The van der Waals surface area contributed by atoms with Gasteiger partial charge in [-0.25, -0.2) is 4.79 Å². The van der Waals surface area contributed by atoms with Gasteiger partial charge in [0.25, 0.3) is 0 Å². The van der Waals surface area contributed by atoms with Crippen LogP contribution < -0.4 is 0 Å². The van der Waals surface area contributed by atoms with Crippen molar-refractivity contribution >= 4 is 12.1 Å². The third-order valence-electron chi connectivity index (χ3n) is 3.42. The molecule has 5 heteroatoms. The molecule has 18 heavy (non-hydrogen) atoms. The minimum Gasteiger partial charge on any atom is -0.466 e. The third-order valence-corrected chi connectivity index (χ3v) is 3.42. The van der Waals surface area contributed by atoms with E-state index in [1.165, 1.54) is 0 Å². The molecule has 102 valence electrons. The lowest BCUT2D eigenvalue weighted by Gasteiger charge is -2.40. The summed E-state index contributed by atoms with van der Waals surface area (Å²) >= 11 is 0. The summed E-state index contributed by atoms with van der Waals surface area (Å²) in [5.74, 6) is -0.141. The van der Waals surface area contributed by atoms with Crippen LogP contribution in [0.3, 0.4) is 0 Å². The van der Waals surface area contributed by atoms with Gasteiger partial charge in [-0.2, -0.15) is 0 Å². The first-order chi connectivity index (χ1) is 8.27. The Kier molecular flexibility index (Phi) is 3.03. The Bertz CT molecular complexity index is 366. The van der Waals surface area contributed by atoms with Gasteiger partial charge in [-0.05, 0) is 34.1 Å². The van der Waals surface area contributed by atoms with Gasteiger partial charge in [0.15, 0.2) is 0 Å². The third kappa shape index (κ3) is 2.44. The molecule has 1 spiro atoms. The number of nitrogens with zero attached hydrogens (tertiary/aromatic N) is 1. The van der Waals surface area contributed by atoms with Crippen molar-refractivity contribution in [3.8, 4) is 0 Å². The second kappa shape index (κ2) is 4.14. The van der Waals surface area contributed by atoms with E-state index in [0.29, 0.717) is 19.7 Å². The number of likely N-dealkylation sites (tertiary alicyclic amines) is 1. The normalized spacial score (nSPS) is 24.4. The van der Waals surface area contributed by atoms with Crippen LogP contribution in [0.15, 0.2) is 0 Å². The Morgan fingerprint density at radius 3 is 2.44 bits per heavy atom. The van der Waals surface area contributed by atoms with Crippen molar-refractivity contribution in [1.82, 2.24) is 4.90 Å². The van der Waals surface area contributed by atoms with Crippen molar-refractivity contribution in [3.63, 3.8) is 0 Å². The van der Waals surface area contributed by atoms with Crippen molar-refractivity contribution in [3.05, 3.63) is 0 Å². The molecule has 0 radical (unpaired) electrons. The van der Waals surface area contributed by atoms with Crippen LogP contribution in [0.4, 0.5) is 4.79 Å². The van der Waals surface area contributed by atoms with Gasteiger partial charge in [0.2, 0.25) is 0 Å². The lowest BCUT2D eigenvalue weighted by Crippen LogP contribution is -2.54. The highest BCUT2D eigenvalue weighted by Gasteiger charge is 2.66. The van der Waals surface area contributed by atoms with E-state index in [2.05, 4.69) is 0 Å². The molecule has 0 aromatic rings. The molecule has 0 aromatic heterocycles. The summed E-state index contributed by atoms with van der Waals surface area (Å²) in [6.45, 7) is 9.00. The van der Waals surface area contributed by atoms with Crippen LogP contribution in [0.2, 0.25) is 0 Å². The standard InChI is InChI=1S/C13H21NO4/c1-5-17-10(15)9-6-13(9)7-14(8-13)11(16)18-12(2,3)4/h9H,5-8H2,1-4H3. The number of carbonyl (C=O) groups is 2. The lowest BCUT2D eigenvalue weighted by atomic mass is 9.94. The largest absolute Gasteiger partial charge is 0.466 e. The summed E-state index contributed by atoms with van der Waals surface area (Å²) in [6.07, 6.45) is 0.549. The Labute approximate surface area is 107 Å². The molecule has 1 saturated carbocycles. The van der Waals surface area contributed by atoms with E-state index >= 15 is 0 Å². The van der Waals surface area contributed by atoms with E-state index in [1.807, 2.05) is 20.8 Å². The van der Waals surface area contributed by atoms with E-state index in [-0.39, 0.29) is 23.4 Å². The maximum Gasteiger partial charge on any atom is 0.410 e. The summed E-state index contributed by atoms with van der Waals surface area (Å²) in [4.78, 5) is 25.0. The smallest absolute Gasteiger partial charge is 0.410 e. The van der Waals surface area contributed by atoms with E-state index in [1.54, 1.807) is 11.8 Å². The molecule has 1 unspecified atom stereocenters. The van der Waals surface area contributed by atoms with Gasteiger partial charge in [0.05, 0.1) is 12.5 Å². The van der Waals surface area contributed by atoms with Crippen molar-refractivity contribution < 1.29 is 19.1 Å². The van der Waals surface area contributed by atoms with Gasteiger partial charge in [-0.15, -0.1) is 0 Å². The molecule has 2 rings (SSSR count). The molecule has 1 atom stereocenters. The highest BCUT2D eigenvalue weighted by atomic mass is 16.6. The average molecular weight is 255 g/mol. The van der Waals surface area contributed by atoms with Gasteiger partial charge < -0.3 is 14.4 Å². The summed E-state index contributed by atoms with van der Waals surface area (Å²) in [7, 11) is 0. The minimum atomic E-state index is -0.468. The highest BCUT2D eigenvalue weighted by molar-refractivity contribution is 5.79. The van der Waals surface area contributed by atoms with E-state index in [9.17, 15) is 9.59 Å². The fourth-order valence-corrected chi connectivity index (χ4v) is 2.44. The Hall–Kier alpha value is -1.26. The summed E-state index contributed by atoms with van der Waals surface area (Å²) in [5.41, 5.74) is -0.479. The van der Waals surface area contributed by atoms with Crippen LogP contribution in [0.1, 0.15) is 34.1 Å². The van der Waals surface area contributed by atoms with Crippen LogP contribution in [0.25, 0.3) is 0 Å². The van der Waals surface area contributed by atoms with Crippen LogP contribution in [0.5, 0.6) is 0 Å². The van der Waals surface area contributed by atoms with Gasteiger partial charge >= 0.3 is 12.1 Å². The van der Waals surface area contributed by atoms with Crippen LogP contribution in [-0.4, -0.2) is 42.3 Å². The number of carbonyl (C=O) groups excluding carboxylic acids is 2. The van der Waals surface area contributed by atoms with Crippen molar-refractivity contribution in [1.29, 1.82) is 0 Å². The SMILES string of the molecule is CCOC(=O)C1CC12CN(C(=O)OC(C)(C)C)C2. The first-order valence-electron chi connectivity index (χ1n) is 6.42. The number of hydrogen-bond acceptors (Lipinski definition) is 4. The zero-order valence-corrected chi connectivity index (χ0v) is 11.5. The molecule has 0 aromatic carbocycles. The van der Waals surface area contributed by atoms with Crippen LogP contribution in [0, 0.1) is 11.3 Å². The average Bonchev–Trinajstić information content (AvgIpc) is 2.87. The molecular formula is C13H21NO4.